The number of amides is 2. The summed E-state index contributed by atoms with van der Waals surface area (Å²) in [6.07, 6.45) is 2.00. The monoisotopic (exact) mass is 241 g/mol. The first-order valence-corrected chi connectivity index (χ1v) is 6.39. The van der Waals surface area contributed by atoms with Gasteiger partial charge in [0.05, 0.1) is 0 Å². The van der Waals surface area contributed by atoms with Crippen LogP contribution in [0.4, 0.5) is 0 Å². The van der Waals surface area contributed by atoms with Crippen molar-refractivity contribution in [1.29, 1.82) is 0 Å². The smallest absolute Gasteiger partial charge is 0.311 e. The highest BCUT2D eigenvalue weighted by Gasteiger charge is 2.22. The van der Waals surface area contributed by atoms with Crippen LogP contribution in [-0.4, -0.2) is 49.4 Å². The van der Waals surface area contributed by atoms with Crippen LogP contribution >= 0.6 is 0 Å². The van der Waals surface area contributed by atoms with Crippen molar-refractivity contribution in [3.8, 4) is 0 Å². The lowest BCUT2D eigenvalue weighted by Gasteiger charge is -2.26. The lowest BCUT2D eigenvalue weighted by Crippen LogP contribution is -2.51. The van der Waals surface area contributed by atoms with Crippen molar-refractivity contribution in [3.63, 3.8) is 0 Å². The fourth-order valence-corrected chi connectivity index (χ4v) is 1.80. The predicted octanol–water partition coefficient (Wildman–Crippen LogP) is -0.0294. The molecule has 0 atom stereocenters. The largest absolute Gasteiger partial charge is 0.348 e. The van der Waals surface area contributed by atoms with E-state index in [2.05, 4.69) is 24.5 Å². The zero-order valence-electron chi connectivity index (χ0n) is 10.8. The van der Waals surface area contributed by atoms with Crippen molar-refractivity contribution in [2.75, 3.05) is 32.7 Å². The molecule has 0 aromatic heterocycles. The third-order valence-corrected chi connectivity index (χ3v) is 2.84. The zero-order chi connectivity index (χ0) is 12.7. The minimum absolute atomic E-state index is 0.393. The summed E-state index contributed by atoms with van der Waals surface area (Å²) in [4.78, 5) is 24.9. The molecule has 0 unspecified atom stereocenters. The molecule has 98 valence electrons. The van der Waals surface area contributed by atoms with Gasteiger partial charge in [-0.3, -0.25) is 9.59 Å². The predicted molar refractivity (Wildman–Crippen MR) is 66.5 cm³/mol. The van der Waals surface area contributed by atoms with Crippen molar-refractivity contribution < 1.29 is 9.59 Å². The van der Waals surface area contributed by atoms with Gasteiger partial charge >= 0.3 is 11.8 Å². The van der Waals surface area contributed by atoms with Crippen LogP contribution in [0.25, 0.3) is 0 Å². The zero-order valence-corrected chi connectivity index (χ0v) is 10.8. The Kier molecular flexibility index (Phi) is 5.97. The summed E-state index contributed by atoms with van der Waals surface area (Å²) in [6, 6.07) is 0. The Morgan fingerprint density at radius 2 is 1.94 bits per heavy atom. The molecule has 17 heavy (non-hydrogen) atoms. The number of carbonyl (C=O) groups is 2. The topological polar surface area (TPSA) is 61.4 Å². The average Bonchev–Trinajstić information content (AvgIpc) is 2.34. The first-order valence-electron chi connectivity index (χ1n) is 6.39. The minimum atomic E-state index is -0.462. The molecule has 0 aromatic rings. The molecule has 0 radical (unpaired) electrons. The normalized spacial score (nSPS) is 16.1. The molecule has 1 heterocycles. The van der Waals surface area contributed by atoms with E-state index in [0.717, 1.165) is 25.9 Å². The second-order valence-electron chi connectivity index (χ2n) is 4.83. The summed E-state index contributed by atoms with van der Waals surface area (Å²) in [5.41, 5.74) is 0. The van der Waals surface area contributed by atoms with Crippen LogP contribution in [-0.2, 0) is 9.59 Å². The molecule has 0 saturated carbocycles. The van der Waals surface area contributed by atoms with Crippen LogP contribution in [0.5, 0.6) is 0 Å². The molecule has 5 nitrogen and oxygen atoms in total. The average molecular weight is 241 g/mol. The highest BCUT2D eigenvalue weighted by atomic mass is 16.2. The second-order valence-corrected chi connectivity index (χ2v) is 4.83. The van der Waals surface area contributed by atoms with Gasteiger partial charge in [-0.1, -0.05) is 13.8 Å². The maximum atomic E-state index is 11.7. The first kappa shape index (κ1) is 14.0. The van der Waals surface area contributed by atoms with E-state index < -0.39 is 11.8 Å². The van der Waals surface area contributed by atoms with Crippen molar-refractivity contribution in [2.45, 2.75) is 26.7 Å². The lowest BCUT2D eigenvalue weighted by atomic mass is 10.1. The molecule has 1 fully saturated rings. The van der Waals surface area contributed by atoms with Gasteiger partial charge in [-0.05, 0) is 18.8 Å². The second kappa shape index (κ2) is 7.27. The van der Waals surface area contributed by atoms with Gasteiger partial charge < -0.3 is 15.5 Å². The Labute approximate surface area is 103 Å². The van der Waals surface area contributed by atoms with E-state index in [0.29, 0.717) is 25.6 Å². The summed E-state index contributed by atoms with van der Waals surface area (Å²) in [5, 5.41) is 5.83. The number of nitrogens with one attached hydrogen (secondary N) is 2. The number of hydrogen-bond acceptors (Lipinski definition) is 3. The third-order valence-electron chi connectivity index (χ3n) is 2.84. The maximum absolute atomic E-state index is 11.7. The summed E-state index contributed by atoms with van der Waals surface area (Å²) >= 11 is 0. The van der Waals surface area contributed by atoms with Crippen molar-refractivity contribution >= 4 is 11.8 Å². The van der Waals surface area contributed by atoms with Gasteiger partial charge in [0, 0.05) is 32.7 Å². The molecule has 0 aliphatic carbocycles. The van der Waals surface area contributed by atoms with Gasteiger partial charge in [0.1, 0.15) is 0 Å². The van der Waals surface area contributed by atoms with E-state index in [-0.39, 0.29) is 0 Å². The molecule has 5 heteroatoms. The Hall–Kier alpha value is -1.10. The molecular weight excluding hydrogens is 218 g/mol. The Morgan fingerprint density at radius 1 is 1.29 bits per heavy atom. The van der Waals surface area contributed by atoms with Crippen molar-refractivity contribution in [3.05, 3.63) is 0 Å². The fraction of sp³-hybridized carbons (Fsp3) is 0.833. The highest BCUT2D eigenvalue weighted by Crippen LogP contribution is 2.01. The Bertz CT molecular complexity index is 260. The SMILES string of the molecule is CC(C)CCCNC(=O)C(=O)N1CCNCC1. The number of piperazine rings is 1. The van der Waals surface area contributed by atoms with Gasteiger partial charge in [-0.2, -0.15) is 0 Å². The molecule has 1 aliphatic heterocycles. The minimum Gasteiger partial charge on any atom is -0.348 e. The van der Waals surface area contributed by atoms with E-state index in [1.807, 2.05) is 0 Å². The van der Waals surface area contributed by atoms with E-state index >= 15 is 0 Å². The highest BCUT2D eigenvalue weighted by molar-refractivity contribution is 6.35. The van der Waals surface area contributed by atoms with Crippen LogP contribution in [0.15, 0.2) is 0 Å². The van der Waals surface area contributed by atoms with Crippen LogP contribution in [0, 0.1) is 5.92 Å². The molecule has 0 spiro atoms. The van der Waals surface area contributed by atoms with E-state index in [9.17, 15) is 9.59 Å². The van der Waals surface area contributed by atoms with Crippen LogP contribution in [0.2, 0.25) is 0 Å². The van der Waals surface area contributed by atoms with Gasteiger partial charge in [-0.15, -0.1) is 0 Å². The van der Waals surface area contributed by atoms with Gasteiger partial charge in [0.25, 0.3) is 0 Å². The van der Waals surface area contributed by atoms with Gasteiger partial charge in [-0.25, -0.2) is 0 Å². The third kappa shape index (κ3) is 5.17. The molecule has 2 amide bonds. The molecule has 0 aromatic carbocycles. The molecule has 1 aliphatic rings. The van der Waals surface area contributed by atoms with E-state index in [4.69, 9.17) is 0 Å². The van der Waals surface area contributed by atoms with Crippen molar-refractivity contribution in [2.24, 2.45) is 5.92 Å². The van der Waals surface area contributed by atoms with Gasteiger partial charge in [0.15, 0.2) is 0 Å². The van der Waals surface area contributed by atoms with Crippen LogP contribution in [0.3, 0.4) is 0 Å². The lowest BCUT2D eigenvalue weighted by molar-refractivity contribution is -0.146. The number of rotatable bonds is 4. The Morgan fingerprint density at radius 3 is 2.53 bits per heavy atom. The number of carbonyl (C=O) groups excluding carboxylic acids is 2. The summed E-state index contributed by atoms with van der Waals surface area (Å²) < 4.78 is 0. The molecule has 1 rings (SSSR count). The summed E-state index contributed by atoms with van der Waals surface area (Å²) in [6.45, 7) is 7.67. The van der Waals surface area contributed by atoms with Crippen LogP contribution in [0.1, 0.15) is 26.7 Å². The summed E-state index contributed by atoms with van der Waals surface area (Å²) in [7, 11) is 0. The quantitative estimate of drug-likeness (QED) is 0.537. The molecular formula is C12H23N3O2. The molecule has 2 N–H and O–H groups in total. The number of nitrogens with zero attached hydrogens (tertiary/aromatic N) is 1. The fourth-order valence-electron chi connectivity index (χ4n) is 1.80. The number of hydrogen-bond donors (Lipinski definition) is 2. The first-order chi connectivity index (χ1) is 8.11. The molecule has 1 saturated heterocycles. The van der Waals surface area contributed by atoms with Crippen molar-refractivity contribution in [1.82, 2.24) is 15.5 Å². The standard InChI is InChI=1S/C12H23N3O2/c1-10(2)4-3-5-14-11(16)12(17)15-8-6-13-7-9-15/h10,13H,3-9H2,1-2H3,(H,14,16). The summed E-state index contributed by atoms with van der Waals surface area (Å²) in [5.74, 6) is -0.220. The maximum Gasteiger partial charge on any atom is 0.311 e. The van der Waals surface area contributed by atoms with Crippen LogP contribution < -0.4 is 10.6 Å². The van der Waals surface area contributed by atoms with E-state index in [1.54, 1.807) is 4.90 Å². The van der Waals surface area contributed by atoms with Gasteiger partial charge in [0.2, 0.25) is 0 Å². The Balaban J connectivity index is 2.19. The van der Waals surface area contributed by atoms with E-state index in [1.165, 1.54) is 0 Å². The molecule has 0 bridgehead atoms.